The number of hydrogen-bond acceptors (Lipinski definition) is 5. The average molecular weight is 208 g/mol. The molecule has 5 nitrogen and oxygen atoms in total. The Hall–Kier alpha value is -1.36. The van der Waals surface area contributed by atoms with E-state index in [0.29, 0.717) is 11.8 Å². The second-order valence-electron chi connectivity index (χ2n) is 3.87. The summed E-state index contributed by atoms with van der Waals surface area (Å²) in [4.78, 5) is 10.8. The van der Waals surface area contributed by atoms with E-state index in [1.165, 1.54) is 0 Å². The van der Waals surface area contributed by atoms with Crippen molar-refractivity contribution in [3.05, 3.63) is 11.4 Å². The lowest BCUT2D eigenvalue weighted by Gasteiger charge is -2.38. The van der Waals surface area contributed by atoms with E-state index in [4.69, 9.17) is 10.5 Å². The molecule has 0 aliphatic carbocycles. The molecule has 1 aromatic heterocycles. The minimum absolute atomic E-state index is 0.312. The van der Waals surface area contributed by atoms with Crippen molar-refractivity contribution in [1.29, 1.82) is 0 Å². The Balaban J connectivity index is 2.17. The molecule has 82 valence electrons. The first kappa shape index (κ1) is 10.2. The number of aryl methyl sites for hydroxylation is 2. The summed E-state index contributed by atoms with van der Waals surface area (Å²) in [7, 11) is 1.72. The molecular weight excluding hydrogens is 192 g/mol. The van der Waals surface area contributed by atoms with Crippen LogP contribution in [0, 0.1) is 13.8 Å². The molecule has 5 heteroatoms. The molecule has 0 aromatic carbocycles. The molecule has 0 amide bonds. The Morgan fingerprint density at radius 2 is 1.80 bits per heavy atom. The topological polar surface area (TPSA) is 64.3 Å². The first-order chi connectivity index (χ1) is 7.11. The molecule has 2 N–H and O–H groups in total. The zero-order chi connectivity index (χ0) is 11.0. The van der Waals surface area contributed by atoms with Crippen molar-refractivity contribution in [2.24, 2.45) is 0 Å². The maximum absolute atomic E-state index is 5.80. The fraction of sp³-hybridized carbons (Fsp3) is 0.600. The SMILES string of the molecule is COC1CN(c2nc(C)c(N)c(C)n2)C1. The van der Waals surface area contributed by atoms with Crippen LogP contribution >= 0.6 is 0 Å². The number of ether oxygens (including phenoxy) is 1. The van der Waals surface area contributed by atoms with Crippen LogP contribution in [0.5, 0.6) is 0 Å². The molecule has 0 spiro atoms. The van der Waals surface area contributed by atoms with Gasteiger partial charge in [0, 0.05) is 20.2 Å². The molecule has 1 aliphatic heterocycles. The highest BCUT2D eigenvalue weighted by atomic mass is 16.5. The standard InChI is InChI=1S/C10H16N4O/c1-6-9(11)7(2)13-10(12-6)14-4-8(5-14)15-3/h8H,4-5,11H2,1-3H3. The highest BCUT2D eigenvalue weighted by Crippen LogP contribution is 2.21. The van der Waals surface area contributed by atoms with Crippen molar-refractivity contribution in [1.82, 2.24) is 9.97 Å². The Kier molecular flexibility index (Phi) is 2.48. The minimum atomic E-state index is 0.312. The zero-order valence-corrected chi connectivity index (χ0v) is 9.32. The molecule has 0 saturated carbocycles. The van der Waals surface area contributed by atoms with Crippen LogP contribution < -0.4 is 10.6 Å². The second-order valence-corrected chi connectivity index (χ2v) is 3.87. The van der Waals surface area contributed by atoms with Gasteiger partial charge in [-0.25, -0.2) is 9.97 Å². The van der Waals surface area contributed by atoms with Crippen LogP contribution in [0.1, 0.15) is 11.4 Å². The Morgan fingerprint density at radius 1 is 1.27 bits per heavy atom. The Morgan fingerprint density at radius 3 is 2.27 bits per heavy atom. The summed E-state index contributed by atoms with van der Waals surface area (Å²) in [5, 5.41) is 0. The van der Waals surface area contributed by atoms with Crippen molar-refractivity contribution in [2.45, 2.75) is 20.0 Å². The zero-order valence-electron chi connectivity index (χ0n) is 9.32. The summed E-state index contributed by atoms with van der Waals surface area (Å²) in [6.45, 7) is 5.53. The van der Waals surface area contributed by atoms with Crippen LogP contribution in [0.15, 0.2) is 0 Å². The monoisotopic (exact) mass is 208 g/mol. The summed E-state index contributed by atoms with van der Waals surface area (Å²) in [6, 6.07) is 0. The number of methoxy groups -OCH3 is 1. The van der Waals surface area contributed by atoms with E-state index >= 15 is 0 Å². The Bertz CT molecular complexity index is 351. The first-order valence-electron chi connectivity index (χ1n) is 5.00. The number of rotatable bonds is 2. The fourth-order valence-electron chi connectivity index (χ4n) is 1.60. The van der Waals surface area contributed by atoms with Crippen molar-refractivity contribution in [3.8, 4) is 0 Å². The largest absolute Gasteiger partial charge is 0.396 e. The van der Waals surface area contributed by atoms with Gasteiger partial charge in [0.25, 0.3) is 0 Å². The number of nitrogens with two attached hydrogens (primary N) is 1. The lowest BCUT2D eigenvalue weighted by Crippen LogP contribution is -2.52. The fourth-order valence-corrected chi connectivity index (χ4v) is 1.60. The molecule has 2 heterocycles. The van der Waals surface area contributed by atoms with Crippen molar-refractivity contribution < 1.29 is 4.74 Å². The van der Waals surface area contributed by atoms with Crippen molar-refractivity contribution in [2.75, 3.05) is 30.8 Å². The third-order valence-corrected chi connectivity index (χ3v) is 2.78. The van der Waals surface area contributed by atoms with Gasteiger partial charge < -0.3 is 15.4 Å². The maximum Gasteiger partial charge on any atom is 0.226 e. The quantitative estimate of drug-likeness (QED) is 0.767. The molecule has 1 aliphatic rings. The second kappa shape index (κ2) is 3.66. The number of nitrogen functional groups attached to an aromatic ring is 1. The van der Waals surface area contributed by atoms with Crippen LogP contribution in [0.2, 0.25) is 0 Å². The van der Waals surface area contributed by atoms with Crippen LogP contribution in [0.3, 0.4) is 0 Å². The number of aromatic nitrogens is 2. The molecule has 0 atom stereocenters. The molecule has 0 radical (unpaired) electrons. The normalized spacial score (nSPS) is 16.6. The summed E-state index contributed by atoms with van der Waals surface area (Å²) in [5.41, 5.74) is 8.17. The predicted molar refractivity (Wildman–Crippen MR) is 58.9 cm³/mol. The summed E-state index contributed by atoms with van der Waals surface area (Å²) < 4.78 is 5.20. The van der Waals surface area contributed by atoms with Gasteiger partial charge in [0.15, 0.2) is 0 Å². The first-order valence-corrected chi connectivity index (χ1v) is 5.00. The van der Waals surface area contributed by atoms with Crippen LogP contribution in [-0.4, -0.2) is 36.3 Å². The summed E-state index contributed by atoms with van der Waals surface area (Å²) in [6.07, 6.45) is 0.312. The smallest absolute Gasteiger partial charge is 0.226 e. The van der Waals surface area contributed by atoms with Gasteiger partial charge in [0.05, 0.1) is 23.2 Å². The lowest BCUT2D eigenvalue weighted by molar-refractivity contribution is 0.0778. The molecule has 2 rings (SSSR count). The van der Waals surface area contributed by atoms with E-state index in [0.717, 1.165) is 30.4 Å². The van der Waals surface area contributed by atoms with Gasteiger partial charge in [-0.1, -0.05) is 0 Å². The van der Waals surface area contributed by atoms with E-state index in [9.17, 15) is 0 Å². The molecule has 1 fully saturated rings. The van der Waals surface area contributed by atoms with E-state index in [1.807, 2.05) is 13.8 Å². The molecule has 1 saturated heterocycles. The molecular formula is C10H16N4O. The van der Waals surface area contributed by atoms with Crippen molar-refractivity contribution >= 4 is 11.6 Å². The highest BCUT2D eigenvalue weighted by molar-refractivity contribution is 5.50. The van der Waals surface area contributed by atoms with E-state index in [2.05, 4.69) is 14.9 Å². The number of nitrogens with zero attached hydrogens (tertiary/aromatic N) is 3. The van der Waals surface area contributed by atoms with Crippen molar-refractivity contribution in [3.63, 3.8) is 0 Å². The molecule has 0 bridgehead atoms. The van der Waals surface area contributed by atoms with E-state index < -0.39 is 0 Å². The Labute approximate surface area is 89.3 Å². The third-order valence-electron chi connectivity index (χ3n) is 2.78. The third kappa shape index (κ3) is 1.74. The summed E-state index contributed by atoms with van der Waals surface area (Å²) in [5.74, 6) is 0.757. The lowest BCUT2D eigenvalue weighted by atomic mass is 10.2. The number of anilines is 2. The van der Waals surface area contributed by atoms with Crippen LogP contribution in [-0.2, 0) is 4.74 Å². The number of hydrogen-bond donors (Lipinski definition) is 1. The van der Waals surface area contributed by atoms with Gasteiger partial charge in [-0.05, 0) is 13.8 Å². The van der Waals surface area contributed by atoms with Gasteiger partial charge in [-0.15, -0.1) is 0 Å². The van der Waals surface area contributed by atoms with Gasteiger partial charge in [0.1, 0.15) is 0 Å². The van der Waals surface area contributed by atoms with Gasteiger partial charge in [0.2, 0.25) is 5.95 Å². The van der Waals surface area contributed by atoms with Gasteiger partial charge >= 0.3 is 0 Å². The minimum Gasteiger partial charge on any atom is -0.396 e. The van der Waals surface area contributed by atoms with Crippen LogP contribution in [0.25, 0.3) is 0 Å². The molecule has 1 aromatic rings. The molecule has 15 heavy (non-hydrogen) atoms. The predicted octanol–water partition coefficient (Wildman–Crippen LogP) is 0.511. The van der Waals surface area contributed by atoms with Gasteiger partial charge in [-0.3, -0.25) is 0 Å². The van der Waals surface area contributed by atoms with E-state index in [1.54, 1.807) is 7.11 Å². The van der Waals surface area contributed by atoms with E-state index in [-0.39, 0.29) is 0 Å². The average Bonchev–Trinajstić information content (AvgIpc) is 2.12. The maximum atomic E-state index is 5.80. The molecule has 0 unspecified atom stereocenters. The van der Waals surface area contributed by atoms with Crippen LogP contribution in [0.4, 0.5) is 11.6 Å². The highest BCUT2D eigenvalue weighted by Gasteiger charge is 2.28. The van der Waals surface area contributed by atoms with Gasteiger partial charge in [-0.2, -0.15) is 0 Å². The summed E-state index contributed by atoms with van der Waals surface area (Å²) >= 11 is 0.